The Bertz CT molecular complexity index is 342. The van der Waals surface area contributed by atoms with Crippen LogP contribution in [0.1, 0.15) is 5.56 Å². The van der Waals surface area contributed by atoms with Crippen molar-refractivity contribution >= 4 is 0 Å². The van der Waals surface area contributed by atoms with Crippen LogP contribution in [-0.2, 0) is 0 Å². The predicted octanol–water partition coefficient (Wildman–Crippen LogP) is 0.886. The zero-order valence-electron chi connectivity index (χ0n) is 11.5. The highest BCUT2D eigenvalue weighted by molar-refractivity contribution is 5.27. The molecule has 0 saturated carbocycles. The minimum atomic E-state index is -0.334. The van der Waals surface area contributed by atoms with Gasteiger partial charge in [0.1, 0.15) is 12.4 Å². The molecule has 0 spiro atoms. The maximum atomic E-state index is 9.63. The summed E-state index contributed by atoms with van der Waals surface area (Å²) in [6, 6.07) is 8.00. The van der Waals surface area contributed by atoms with Gasteiger partial charge in [0.05, 0.1) is 6.10 Å². The van der Waals surface area contributed by atoms with E-state index in [4.69, 9.17) is 4.74 Å². The lowest BCUT2D eigenvalue weighted by atomic mass is 10.2. The first-order chi connectivity index (χ1) is 8.58. The molecular weight excluding hydrogens is 228 g/mol. The summed E-state index contributed by atoms with van der Waals surface area (Å²) in [6.07, 6.45) is -0.334. The first-order valence-corrected chi connectivity index (χ1v) is 6.31. The Morgan fingerprint density at radius 2 is 2.17 bits per heavy atom. The normalized spacial score (nSPS) is 12.7. The number of rotatable bonds is 8. The second-order valence-corrected chi connectivity index (χ2v) is 4.79. The van der Waals surface area contributed by atoms with Gasteiger partial charge in [0, 0.05) is 19.6 Å². The molecule has 1 aromatic rings. The Kier molecular flexibility index (Phi) is 6.72. The van der Waals surface area contributed by atoms with Crippen LogP contribution in [0, 0.1) is 6.92 Å². The lowest BCUT2D eigenvalue weighted by Crippen LogP contribution is -2.36. The zero-order valence-corrected chi connectivity index (χ0v) is 11.5. The monoisotopic (exact) mass is 252 g/mol. The van der Waals surface area contributed by atoms with E-state index in [9.17, 15) is 5.11 Å². The van der Waals surface area contributed by atoms with Gasteiger partial charge in [-0.3, -0.25) is 0 Å². The van der Waals surface area contributed by atoms with Crippen LogP contribution in [0.15, 0.2) is 24.3 Å². The molecule has 102 valence electrons. The molecule has 0 aliphatic rings. The van der Waals surface area contributed by atoms with E-state index in [1.807, 2.05) is 50.2 Å². The number of hydrogen-bond acceptors (Lipinski definition) is 4. The quantitative estimate of drug-likeness (QED) is 0.674. The lowest BCUT2D eigenvalue weighted by Gasteiger charge is -2.16. The fourth-order valence-corrected chi connectivity index (χ4v) is 1.70. The highest BCUT2D eigenvalue weighted by Gasteiger charge is 2.04. The number of likely N-dealkylation sites (N-methyl/N-ethyl adjacent to an activating group) is 1. The predicted molar refractivity (Wildman–Crippen MR) is 74.1 cm³/mol. The largest absolute Gasteiger partial charge is 0.492 e. The molecule has 0 amide bonds. The van der Waals surface area contributed by atoms with Gasteiger partial charge in [-0.15, -0.1) is 0 Å². The van der Waals surface area contributed by atoms with Gasteiger partial charge < -0.3 is 20.1 Å². The van der Waals surface area contributed by atoms with Crippen LogP contribution in [0.25, 0.3) is 0 Å². The van der Waals surface area contributed by atoms with Crippen molar-refractivity contribution in [3.8, 4) is 5.75 Å². The third kappa shape index (κ3) is 6.59. The molecule has 0 fully saturated rings. The van der Waals surface area contributed by atoms with E-state index in [-0.39, 0.29) is 6.10 Å². The van der Waals surface area contributed by atoms with Gasteiger partial charge in [0.25, 0.3) is 0 Å². The van der Waals surface area contributed by atoms with Crippen LogP contribution in [0.5, 0.6) is 5.75 Å². The van der Waals surface area contributed by atoms with Crippen molar-refractivity contribution in [1.29, 1.82) is 0 Å². The number of benzene rings is 1. The Morgan fingerprint density at radius 3 is 2.83 bits per heavy atom. The van der Waals surface area contributed by atoms with Gasteiger partial charge in [-0.05, 0) is 38.7 Å². The molecule has 4 heteroatoms. The third-order valence-corrected chi connectivity index (χ3v) is 2.49. The molecule has 0 aliphatic heterocycles. The van der Waals surface area contributed by atoms with Crippen molar-refractivity contribution in [3.05, 3.63) is 29.8 Å². The summed E-state index contributed by atoms with van der Waals surface area (Å²) in [7, 11) is 3.90. The van der Waals surface area contributed by atoms with Crippen LogP contribution in [0.2, 0.25) is 0 Å². The van der Waals surface area contributed by atoms with Crippen molar-refractivity contribution in [3.63, 3.8) is 0 Å². The number of aliphatic hydroxyl groups is 1. The number of ether oxygens (including phenoxy) is 1. The minimum Gasteiger partial charge on any atom is -0.492 e. The molecule has 0 aromatic heterocycles. The second kappa shape index (κ2) is 8.08. The summed E-state index contributed by atoms with van der Waals surface area (Å²) in [5.41, 5.74) is 1.20. The van der Waals surface area contributed by atoms with Crippen molar-refractivity contribution in [2.75, 3.05) is 40.3 Å². The number of nitrogens with one attached hydrogen (secondary N) is 1. The van der Waals surface area contributed by atoms with Crippen molar-refractivity contribution in [1.82, 2.24) is 10.2 Å². The number of nitrogens with zero attached hydrogens (tertiary/aromatic N) is 1. The van der Waals surface area contributed by atoms with Crippen LogP contribution in [-0.4, -0.2) is 56.4 Å². The summed E-state index contributed by atoms with van der Waals surface area (Å²) in [5, 5.41) is 12.8. The summed E-state index contributed by atoms with van der Waals surface area (Å²) in [4.78, 5) is 1.97. The first kappa shape index (κ1) is 15.0. The number of aliphatic hydroxyl groups excluding tert-OH is 1. The Morgan fingerprint density at radius 1 is 1.39 bits per heavy atom. The van der Waals surface area contributed by atoms with Gasteiger partial charge in [-0.2, -0.15) is 0 Å². The van der Waals surface area contributed by atoms with Crippen molar-refractivity contribution in [2.24, 2.45) is 0 Å². The smallest absolute Gasteiger partial charge is 0.119 e. The molecule has 1 atom stereocenters. The molecule has 18 heavy (non-hydrogen) atoms. The van der Waals surface area contributed by atoms with E-state index in [2.05, 4.69) is 5.32 Å². The molecule has 1 rings (SSSR count). The van der Waals surface area contributed by atoms with E-state index < -0.39 is 0 Å². The number of aryl methyl sites for hydroxylation is 1. The molecule has 0 heterocycles. The van der Waals surface area contributed by atoms with E-state index in [1.165, 1.54) is 5.56 Å². The molecule has 1 unspecified atom stereocenters. The standard InChI is InChI=1S/C14H24N2O2/c1-12-5-4-6-14(9-12)18-8-7-15-10-13(17)11-16(2)3/h4-6,9,13,15,17H,7-8,10-11H2,1-3H3. The molecular formula is C14H24N2O2. The molecule has 4 nitrogen and oxygen atoms in total. The first-order valence-electron chi connectivity index (χ1n) is 6.31. The van der Waals surface area contributed by atoms with Crippen LogP contribution in [0.3, 0.4) is 0 Å². The van der Waals surface area contributed by atoms with E-state index in [1.54, 1.807) is 0 Å². The minimum absolute atomic E-state index is 0.334. The Hall–Kier alpha value is -1.10. The fraction of sp³-hybridized carbons (Fsp3) is 0.571. The summed E-state index contributed by atoms with van der Waals surface area (Å²) in [6.45, 7) is 4.65. The molecule has 2 N–H and O–H groups in total. The maximum Gasteiger partial charge on any atom is 0.119 e. The highest BCUT2D eigenvalue weighted by Crippen LogP contribution is 2.11. The summed E-state index contributed by atoms with van der Waals surface area (Å²) in [5.74, 6) is 0.894. The molecule has 0 aliphatic carbocycles. The van der Waals surface area contributed by atoms with Gasteiger partial charge >= 0.3 is 0 Å². The molecule has 0 radical (unpaired) electrons. The van der Waals surface area contributed by atoms with E-state index >= 15 is 0 Å². The van der Waals surface area contributed by atoms with Crippen molar-refractivity contribution in [2.45, 2.75) is 13.0 Å². The van der Waals surface area contributed by atoms with Gasteiger partial charge in [0.15, 0.2) is 0 Å². The van der Waals surface area contributed by atoms with E-state index in [0.717, 1.165) is 12.3 Å². The Labute approximate surface area is 110 Å². The zero-order chi connectivity index (χ0) is 13.4. The second-order valence-electron chi connectivity index (χ2n) is 4.79. The van der Waals surface area contributed by atoms with Gasteiger partial charge in [-0.1, -0.05) is 12.1 Å². The van der Waals surface area contributed by atoms with Crippen molar-refractivity contribution < 1.29 is 9.84 Å². The van der Waals surface area contributed by atoms with E-state index in [0.29, 0.717) is 19.7 Å². The van der Waals surface area contributed by atoms with Crippen LogP contribution < -0.4 is 10.1 Å². The van der Waals surface area contributed by atoms with Crippen LogP contribution in [0.4, 0.5) is 0 Å². The lowest BCUT2D eigenvalue weighted by molar-refractivity contribution is 0.133. The maximum absolute atomic E-state index is 9.63. The summed E-state index contributed by atoms with van der Waals surface area (Å²) >= 11 is 0. The topological polar surface area (TPSA) is 44.7 Å². The third-order valence-electron chi connectivity index (χ3n) is 2.49. The fourth-order valence-electron chi connectivity index (χ4n) is 1.70. The summed E-state index contributed by atoms with van der Waals surface area (Å²) < 4.78 is 5.60. The SMILES string of the molecule is Cc1cccc(OCCNCC(O)CN(C)C)c1. The highest BCUT2D eigenvalue weighted by atomic mass is 16.5. The van der Waals surface area contributed by atoms with Gasteiger partial charge in [-0.25, -0.2) is 0 Å². The number of hydrogen-bond donors (Lipinski definition) is 2. The Balaban J connectivity index is 2.08. The molecule has 1 aromatic carbocycles. The van der Waals surface area contributed by atoms with Crippen LogP contribution >= 0.6 is 0 Å². The average molecular weight is 252 g/mol. The molecule has 0 bridgehead atoms. The average Bonchev–Trinajstić information content (AvgIpc) is 2.27. The van der Waals surface area contributed by atoms with Gasteiger partial charge in [0.2, 0.25) is 0 Å². The molecule has 0 saturated heterocycles.